The van der Waals surface area contributed by atoms with Gasteiger partial charge in [-0.25, -0.2) is 9.97 Å². The summed E-state index contributed by atoms with van der Waals surface area (Å²) in [6.07, 6.45) is 3.42. The van der Waals surface area contributed by atoms with Crippen LogP contribution in [0.25, 0.3) is 21.8 Å². The highest BCUT2D eigenvalue weighted by molar-refractivity contribution is 5.97. The van der Waals surface area contributed by atoms with Crippen LogP contribution < -0.4 is 19.1 Å². The Hall–Kier alpha value is -3.61. The number of benzene rings is 2. The third-order valence-electron chi connectivity index (χ3n) is 4.84. The van der Waals surface area contributed by atoms with Crippen molar-refractivity contribution in [3.05, 3.63) is 54.5 Å². The normalized spacial score (nSPS) is 10.9. The first-order chi connectivity index (χ1) is 14.2. The van der Waals surface area contributed by atoms with Crippen molar-refractivity contribution in [3.8, 4) is 17.2 Å². The molecule has 2 heterocycles. The van der Waals surface area contributed by atoms with Crippen molar-refractivity contribution in [1.82, 2.24) is 15.0 Å². The molecule has 2 aromatic heterocycles. The molecule has 148 valence electrons. The van der Waals surface area contributed by atoms with Gasteiger partial charge in [0.2, 0.25) is 5.75 Å². The van der Waals surface area contributed by atoms with E-state index in [0.29, 0.717) is 29.3 Å². The summed E-state index contributed by atoms with van der Waals surface area (Å²) in [6, 6.07) is 12.1. The van der Waals surface area contributed by atoms with Gasteiger partial charge in [0.25, 0.3) is 0 Å². The van der Waals surface area contributed by atoms with Crippen molar-refractivity contribution in [3.63, 3.8) is 0 Å². The maximum Gasteiger partial charge on any atom is 0.205 e. The number of para-hydroxylation sites is 1. The Bertz CT molecular complexity index is 1180. The minimum absolute atomic E-state index is 0.508. The van der Waals surface area contributed by atoms with E-state index in [-0.39, 0.29) is 0 Å². The van der Waals surface area contributed by atoms with Gasteiger partial charge >= 0.3 is 0 Å². The van der Waals surface area contributed by atoms with E-state index >= 15 is 0 Å². The Morgan fingerprint density at radius 3 is 2.45 bits per heavy atom. The smallest absolute Gasteiger partial charge is 0.205 e. The van der Waals surface area contributed by atoms with Gasteiger partial charge in [0.15, 0.2) is 11.5 Å². The molecule has 0 atom stereocenters. The molecule has 0 N–H and O–H groups in total. The summed E-state index contributed by atoms with van der Waals surface area (Å²) in [4.78, 5) is 15.5. The maximum absolute atomic E-state index is 5.57. The zero-order chi connectivity index (χ0) is 20.4. The monoisotopic (exact) mass is 390 g/mol. The average molecular weight is 390 g/mol. The second-order valence-electron chi connectivity index (χ2n) is 6.63. The van der Waals surface area contributed by atoms with E-state index < -0.39 is 0 Å². The second kappa shape index (κ2) is 7.79. The van der Waals surface area contributed by atoms with E-state index in [1.165, 1.54) is 6.33 Å². The van der Waals surface area contributed by atoms with Gasteiger partial charge in [0, 0.05) is 25.2 Å². The lowest BCUT2D eigenvalue weighted by atomic mass is 10.1. The number of hydrogen-bond acceptors (Lipinski definition) is 7. The number of aromatic nitrogens is 3. The first kappa shape index (κ1) is 18.7. The minimum Gasteiger partial charge on any atom is -0.493 e. The number of pyridine rings is 1. The molecule has 0 radical (unpaired) electrons. The number of anilines is 1. The number of nitrogens with zero attached hydrogens (tertiary/aromatic N) is 4. The molecule has 4 rings (SSSR count). The number of rotatable bonds is 6. The molecule has 29 heavy (non-hydrogen) atoms. The van der Waals surface area contributed by atoms with Crippen molar-refractivity contribution in [2.75, 3.05) is 33.3 Å². The third-order valence-corrected chi connectivity index (χ3v) is 4.84. The van der Waals surface area contributed by atoms with Gasteiger partial charge in [-0.3, -0.25) is 4.98 Å². The van der Waals surface area contributed by atoms with Crippen LogP contribution in [0.5, 0.6) is 17.2 Å². The lowest BCUT2D eigenvalue weighted by Crippen LogP contribution is -2.18. The molecule has 0 spiro atoms. The molecular formula is C22H22N4O3. The van der Waals surface area contributed by atoms with Gasteiger partial charge in [0.05, 0.1) is 32.2 Å². The van der Waals surface area contributed by atoms with Crippen LogP contribution in [0.2, 0.25) is 0 Å². The van der Waals surface area contributed by atoms with Gasteiger partial charge < -0.3 is 19.1 Å². The molecular weight excluding hydrogens is 368 g/mol. The number of hydrogen-bond donors (Lipinski definition) is 0. The Balaban J connectivity index is 1.77. The number of methoxy groups -OCH3 is 3. The summed E-state index contributed by atoms with van der Waals surface area (Å²) in [6.45, 7) is 0.639. The molecule has 0 bridgehead atoms. The Labute approximate surface area is 168 Å². The molecule has 0 amide bonds. The molecule has 0 fully saturated rings. The third kappa shape index (κ3) is 3.35. The maximum atomic E-state index is 5.57. The average Bonchev–Trinajstić information content (AvgIpc) is 2.76. The second-order valence-corrected chi connectivity index (χ2v) is 6.63. The molecule has 0 aliphatic rings. The lowest BCUT2D eigenvalue weighted by Gasteiger charge is -2.21. The lowest BCUT2D eigenvalue weighted by molar-refractivity contribution is 0.327. The standard InChI is InChI=1S/C22H22N4O3/c1-26(12-14-9-15-7-5-6-8-17(15)23-11-14)22-16-10-18(27-2)20(28-3)21(29-4)19(16)24-13-25-22/h5-11,13H,12H2,1-4H3. The summed E-state index contributed by atoms with van der Waals surface area (Å²) < 4.78 is 16.5. The van der Waals surface area contributed by atoms with Gasteiger partial charge in [-0.1, -0.05) is 18.2 Å². The molecule has 0 saturated carbocycles. The molecule has 2 aromatic carbocycles. The highest BCUT2D eigenvalue weighted by atomic mass is 16.5. The summed E-state index contributed by atoms with van der Waals surface area (Å²) in [7, 11) is 6.74. The molecule has 0 aliphatic carbocycles. The number of fused-ring (bicyclic) bond motifs is 2. The predicted octanol–water partition coefficient (Wildman–Crippen LogP) is 3.84. The van der Waals surface area contributed by atoms with Gasteiger partial charge in [-0.2, -0.15) is 0 Å². The van der Waals surface area contributed by atoms with Crippen molar-refractivity contribution >= 4 is 27.6 Å². The van der Waals surface area contributed by atoms with E-state index in [1.807, 2.05) is 37.5 Å². The molecule has 0 saturated heterocycles. The van der Waals surface area contributed by atoms with Crippen LogP contribution in [0.1, 0.15) is 5.56 Å². The Morgan fingerprint density at radius 2 is 1.69 bits per heavy atom. The van der Waals surface area contributed by atoms with Crippen LogP contribution in [0.4, 0.5) is 5.82 Å². The van der Waals surface area contributed by atoms with Crippen molar-refractivity contribution in [2.24, 2.45) is 0 Å². The fourth-order valence-corrected chi connectivity index (χ4v) is 3.51. The highest BCUT2D eigenvalue weighted by Crippen LogP contribution is 2.44. The first-order valence-electron chi connectivity index (χ1n) is 9.14. The van der Waals surface area contributed by atoms with Crippen molar-refractivity contribution in [1.29, 1.82) is 0 Å². The van der Waals surface area contributed by atoms with E-state index in [4.69, 9.17) is 14.2 Å². The van der Waals surface area contributed by atoms with Crippen LogP contribution in [-0.4, -0.2) is 43.3 Å². The zero-order valence-electron chi connectivity index (χ0n) is 16.8. The predicted molar refractivity (Wildman–Crippen MR) is 113 cm³/mol. The van der Waals surface area contributed by atoms with Crippen LogP contribution in [0, 0.1) is 0 Å². The Morgan fingerprint density at radius 1 is 0.897 bits per heavy atom. The summed E-state index contributed by atoms with van der Waals surface area (Å²) in [5, 5.41) is 1.93. The summed E-state index contributed by atoms with van der Waals surface area (Å²) in [5.41, 5.74) is 2.73. The zero-order valence-corrected chi connectivity index (χ0v) is 16.8. The van der Waals surface area contributed by atoms with Gasteiger partial charge in [-0.15, -0.1) is 0 Å². The summed E-state index contributed by atoms with van der Waals surface area (Å²) in [5.74, 6) is 2.36. The quantitative estimate of drug-likeness (QED) is 0.495. The SMILES string of the molecule is COc1cc2c(N(C)Cc3cnc4ccccc4c3)ncnc2c(OC)c1OC. The van der Waals surface area contributed by atoms with Crippen LogP contribution in [0.3, 0.4) is 0 Å². The fourth-order valence-electron chi connectivity index (χ4n) is 3.51. The largest absolute Gasteiger partial charge is 0.493 e. The van der Waals surface area contributed by atoms with E-state index in [0.717, 1.165) is 27.7 Å². The Kier molecular flexibility index (Phi) is 5.03. The first-order valence-corrected chi connectivity index (χ1v) is 9.14. The van der Waals surface area contributed by atoms with Gasteiger partial charge in [0.1, 0.15) is 17.7 Å². The van der Waals surface area contributed by atoms with Crippen molar-refractivity contribution in [2.45, 2.75) is 6.54 Å². The van der Waals surface area contributed by atoms with E-state index in [1.54, 1.807) is 21.3 Å². The van der Waals surface area contributed by atoms with Gasteiger partial charge in [-0.05, 0) is 23.8 Å². The minimum atomic E-state index is 0.508. The highest BCUT2D eigenvalue weighted by Gasteiger charge is 2.20. The molecule has 4 aromatic rings. The topological polar surface area (TPSA) is 69.6 Å². The fraction of sp³-hybridized carbons (Fsp3) is 0.227. The van der Waals surface area contributed by atoms with E-state index in [9.17, 15) is 0 Å². The molecule has 7 nitrogen and oxygen atoms in total. The van der Waals surface area contributed by atoms with Crippen molar-refractivity contribution < 1.29 is 14.2 Å². The molecule has 0 aliphatic heterocycles. The van der Waals surface area contributed by atoms with Crippen LogP contribution in [-0.2, 0) is 6.54 Å². The van der Waals surface area contributed by atoms with Crippen LogP contribution >= 0.6 is 0 Å². The molecule has 7 heteroatoms. The van der Waals surface area contributed by atoms with E-state index in [2.05, 4.69) is 32.0 Å². The number of ether oxygens (including phenoxy) is 3. The molecule has 0 unspecified atom stereocenters. The summed E-state index contributed by atoms with van der Waals surface area (Å²) >= 11 is 0. The van der Waals surface area contributed by atoms with Crippen LogP contribution in [0.15, 0.2) is 48.9 Å².